The van der Waals surface area contributed by atoms with Gasteiger partial charge < -0.3 is 19.9 Å². The van der Waals surface area contributed by atoms with E-state index in [-0.39, 0.29) is 18.6 Å². The van der Waals surface area contributed by atoms with Crippen molar-refractivity contribution in [3.8, 4) is 0 Å². The van der Waals surface area contributed by atoms with Gasteiger partial charge in [0.2, 0.25) is 0 Å². The smallest absolute Gasteiger partial charge is 0.408 e. The molecule has 2 aliphatic heterocycles. The molecule has 3 unspecified atom stereocenters. The summed E-state index contributed by atoms with van der Waals surface area (Å²) in [7, 11) is 0. The summed E-state index contributed by atoms with van der Waals surface area (Å²) < 4.78 is 11.1. The molecule has 3 atom stereocenters. The third-order valence-electron chi connectivity index (χ3n) is 3.85. The Balaban J connectivity index is 2.11. The van der Waals surface area contributed by atoms with E-state index in [0.717, 1.165) is 19.3 Å². The molecule has 6 heteroatoms. The number of carbonyl (C=O) groups is 2. The third kappa shape index (κ3) is 3.42. The van der Waals surface area contributed by atoms with Crippen LogP contribution in [-0.2, 0) is 14.3 Å². The minimum absolute atomic E-state index is 0.135. The number of rotatable bonds is 3. The molecular weight excluding hydrogens is 262 g/mol. The van der Waals surface area contributed by atoms with Gasteiger partial charge in [0, 0.05) is 0 Å². The van der Waals surface area contributed by atoms with E-state index >= 15 is 0 Å². The number of amides is 1. The van der Waals surface area contributed by atoms with Gasteiger partial charge in [-0.2, -0.15) is 0 Å². The second-order valence-electron chi connectivity index (χ2n) is 6.72. The van der Waals surface area contributed by atoms with E-state index in [9.17, 15) is 9.59 Å². The summed E-state index contributed by atoms with van der Waals surface area (Å²) in [6, 6.07) is 0. The van der Waals surface area contributed by atoms with Gasteiger partial charge in [-0.1, -0.05) is 0 Å². The predicted molar refractivity (Wildman–Crippen MR) is 71.5 cm³/mol. The zero-order chi connectivity index (χ0) is 15.0. The Kier molecular flexibility index (Phi) is 3.95. The van der Waals surface area contributed by atoms with E-state index in [0.29, 0.717) is 6.42 Å². The van der Waals surface area contributed by atoms with E-state index in [2.05, 4.69) is 5.32 Å². The number of carboxylic acids is 1. The number of hydrogen-bond donors (Lipinski definition) is 2. The molecule has 0 spiro atoms. The average molecular weight is 285 g/mol. The van der Waals surface area contributed by atoms with Gasteiger partial charge in [-0.15, -0.1) is 0 Å². The number of carboxylic acid groups (broad SMARTS) is 1. The lowest BCUT2D eigenvalue weighted by Gasteiger charge is -2.42. The van der Waals surface area contributed by atoms with Crippen molar-refractivity contribution in [1.82, 2.24) is 5.32 Å². The molecule has 2 bridgehead atoms. The Bertz CT molecular complexity index is 403. The molecule has 2 saturated heterocycles. The Hall–Kier alpha value is -1.30. The molecule has 114 valence electrons. The van der Waals surface area contributed by atoms with Crippen LogP contribution in [0.1, 0.15) is 52.9 Å². The van der Waals surface area contributed by atoms with Crippen LogP contribution in [0.3, 0.4) is 0 Å². The number of carbonyl (C=O) groups excluding carboxylic acids is 1. The highest BCUT2D eigenvalue weighted by atomic mass is 16.6. The van der Waals surface area contributed by atoms with Crippen molar-refractivity contribution < 1.29 is 24.2 Å². The number of fused-ring (bicyclic) bond motifs is 2. The largest absolute Gasteiger partial charge is 0.481 e. The first-order valence-electron chi connectivity index (χ1n) is 7.09. The van der Waals surface area contributed by atoms with Gasteiger partial charge in [-0.25, -0.2) is 4.79 Å². The minimum atomic E-state index is -0.935. The summed E-state index contributed by atoms with van der Waals surface area (Å²) >= 11 is 0. The van der Waals surface area contributed by atoms with E-state index in [1.807, 2.05) is 0 Å². The van der Waals surface area contributed by atoms with Gasteiger partial charge in [-0.05, 0) is 46.5 Å². The Morgan fingerprint density at radius 3 is 2.65 bits per heavy atom. The van der Waals surface area contributed by atoms with Crippen molar-refractivity contribution in [3.63, 3.8) is 0 Å². The molecule has 0 aromatic heterocycles. The fraction of sp³-hybridized carbons (Fsp3) is 0.857. The zero-order valence-electron chi connectivity index (χ0n) is 12.3. The molecule has 1 amide bonds. The zero-order valence-corrected chi connectivity index (χ0v) is 12.3. The van der Waals surface area contributed by atoms with Crippen molar-refractivity contribution in [3.05, 3.63) is 0 Å². The number of ether oxygens (including phenoxy) is 2. The Labute approximate surface area is 118 Å². The van der Waals surface area contributed by atoms with Crippen LogP contribution >= 0.6 is 0 Å². The van der Waals surface area contributed by atoms with Crippen molar-refractivity contribution in [2.24, 2.45) is 0 Å². The van der Waals surface area contributed by atoms with Gasteiger partial charge in [-0.3, -0.25) is 4.79 Å². The number of hydrogen-bond acceptors (Lipinski definition) is 4. The quantitative estimate of drug-likeness (QED) is 0.829. The van der Waals surface area contributed by atoms with Crippen LogP contribution in [0, 0.1) is 0 Å². The first-order chi connectivity index (χ1) is 9.20. The van der Waals surface area contributed by atoms with Crippen LogP contribution in [-0.4, -0.2) is 40.5 Å². The molecule has 20 heavy (non-hydrogen) atoms. The van der Waals surface area contributed by atoms with Gasteiger partial charge in [0.05, 0.1) is 24.2 Å². The Morgan fingerprint density at radius 2 is 2.05 bits per heavy atom. The average Bonchev–Trinajstić information content (AvgIpc) is 2.65. The van der Waals surface area contributed by atoms with Crippen LogP contribution in [0.25, 0.3) is 0 Å². The van der Waals surface area contributed by atoms with E-state index < -0.39 is 23.2 Å². The normalized spacial score (nSPS) is 32.8. The Morgan fingerprint density at radius 1 is 1.35 bits per heavy atom. The van der Waals surface area contributed by atoms with Crippen LogP contribution < -0.4 is 5.32 Å². The number of aliphatic carboxylic acids is 1. The maximum atomic E-state index is 12.0. The summed E-state index contributed by atoms with van der Waals surface area (Å²) in [6.07, 6.45) is 2.38. The van der Waals surface area contributed by atoms with Crippen molar-refractivity contribution in [1.29, 1.82) is 0 Å². The number of nitrogens with one attached hydrogen (secondary N) is 1. The second kappa shape index (κ2) is 5.24. The molecule has 2 fully saturated rings. The molecule has 0 aromatic carbocycles. The van der Waals surface area contributed by atoms with E-state index in [1.165, 1.54) is 0 Å². The lowest BCUT2D eigenvalue weighted by Crippen LogP contribution is -2.60. The van der Waals surface area contributed by atoms with Crippen molar-refractivity contribution >= 4 is 12.1 Å². The van der Waals surface area contributed by atoms with Crippen molar-refractivity contribution in [2.45, 2.75) is 76.2 Å². The van der Waals surface area contributed by atoms with Crippen molar-refractivity contribution in [2.75, 3.05) is 0 Å². The van der Waals surface area contributed by atoms with Gasteiger partial charge in [0.15, 0.2) is 0 Å². The highest BCUT2D eigenvalue weighted by Crippen LogP contribution is 2.41. The lowest BCUT2D eigenvalue weighted by atomic mass is 9.83. The predicted octanol–water partition coefficient (Wildman–Crippen LogP) is 2.07. The summed E-state index contributed by atoms with van der Waals surface area (Å²) in [5.41, 5.74) is -1.45. The van der Waals surface area contributed by atoms with E-state index in [4.69, 9.17) is 14.6 Å². The summed E-state index contributed by atoms with van der Waals surface area (Å²) in [6.45, 7) is 5.33. The fourth-order valence-corrected chi connectivity index (χ4v) is 3.07. The first kappa shape index (κ1) is 15.1. The molecule has 0 aliphatic carbocycles. The van der Waals surface area contributed by atoms with Crippen LogP contribution in [0.5, 0.6) is 0 Å². The summed E-state index contributed by atoms with van der Waals surface area (Å²) in [5.74, 6) is -0.935. The highest BCUT2D eigenvalue weighted by molar-refractivity contribution is 5.73. The third-order valence-corrected chi connectivity index (χ3v) is 3.85. The van der Waals surface area contributed by atoms with E-state index in [1.54, 1.807) is 20.8 Å². The van der Waals surface area contributed by atoms with Gasteiger partial charge in [0.25, 0.3) is 0 Å². The summed E-state index contributed by atoms with van der Waals surface area (Å²) in [5, 5.41) is 11.9. The highest BCUT2D eigenvalue weighted by Gasteiger charge is 2.50. The number of alkyl carbamates (subject to hydrolysis) is 1. The molecule has 0 radical (unpaired) electrons. The molecule has 2 aliphatic rings. The van der Waals surface area contributed by atoms with Crippen LogP contribution in [0.2, 0.25) is 0 Å². The van der Waals surface area contributed by atoms with Gasteiger partial charge in [0.1, 0.15) is 5.60 Å². The molecule has 2 rings (SSSR count). The summed E-state index contributed by atoms with van der Waals surface area (Å²) in [4.78, 5) is 23.2. The molecule has 6 nitrogen and oxygen atoms in total. The molecule has 0 saturated carbocycles. The maximum Gasteiger partial charge on any atom is 0.408 e. The molecular formula is C14H23NO5. The fourth-order valence-electron chi connectivity index (χ4n) is 3.07. The first-order valence-corrected chi connectivity index (χ1v) is 7.09. The maximum absolute atomic E-state index is 12.0. The van der Waals surface area contributed by atoms with Crippen LogP contribution in [0.4, 0.5) is 4.79 Å². The minimum Gasteiger partial charge on any atom is -0.481 e. The lowest BCUT2D eigenvalue weighted by molar-refractivity contribution is -0.143. The molecule has 2 N–H and O–H groups in total. The molecule has 2 heterocycles. The van der Waals surface area contributed by atoms with Crippen LogP contribution in [0.15, 0.2) is 0 Å². The second-order valence-corrected chi connectivity index (χ2v) is 6.72. The SMILES string of the molecule is CC(C)(C)OC(=O)NC1(CC(=O)O)CCC2CCC1O2. The monoisotopic (exact) mass is 285 g/mol. The topological polar surface area (TPSA) is 84.9 Å². The molecule has 0 aromatic rings. The standard InChI is InChI=1S/C14H23NO5/c1-13(2,3)20-12(18)15-14(8-11(16)17)7-6-9-4-5-10(14)19-9/h9-10H,4-8H2,1-3H3,(H,15,18)(H,16,17). The van der Waals surface area contributed by atoms with Gasteiger partial charge >= 0.3 is 12.1 Å².